The third-order valence-corrected chi connectivity index (χ3v) is 0.946. The molecule has 1 heterocycles. The lowest BCUT2D eigenvalue weighted by Crippen LogP contribution is -2.24. The molecule has 1 aliphatic rings. The topological polar surface area (TPSA) is 3.01 Å². The van der Waals surface area contributed by atoms with E-state index in [1.165, 1.54) is 0 Å². The quantitative estimate of drug-likeness (QED) is 0.284. The van der Waals surface area contributed by atoms with Gasteiger partial charge in [0.15, 0.2) is 0 Å². The van der Waals surface area contributed by atoms with E-state index in [2.05, 4.69) is 0 Å². The second-order valence-electron chi connectivity index (χ2n) is 1.72. The van der Waals surface area contributed by atoms with Crippen LogP contribution in [0.4, 0.5) is 22.0 Å². The normalized spacial score (nSPS) is 32.3. The molecule has 0 aromatic carbocycles. The number of alkyl halides is 5. The molecule has 0 radical (unpaired) electrons. The van der Waals surface area contributed by atoms with E-state index < -0.39 is 23.8 Å². The minimum atomic E-state index is -4.87. The highest BCUT2D eigenvalue weighted by Crippen LogP contribution is 2.44. The van der Waals surface area contributed by atoms with Crippen molar-refractivity contribution in [2.45, 2.75) is 12.3 Å². The molecule has 9 heavy (non-hydrogen) atoms. The lowest BCUT2D eigenvalue weighted by atomic mass is 10.9. The average molecular weight is 147 g/mol. The first-order chi connectivity index (χ1) is 3.84. The van der Waals surface area contributed by atoms with Crippen molar-refractivity contribution in [1.29, 1.82) is 0 Å². The van der Waals surface area contributed by atoms with Crippen LogP contribution < -0.4 is 0 Å². The van der Waals surface area contributed by atoms with E-state index in [1.54, 1.807) is 0 Å². The number of rotatable bonds is 0. The average Bonchev–Trinajstić information content (AvgIpc) is 2.10. The molecule has 1 unspecified atom stereocenters. The molecule has 1 atom stereocenters. The molecular formula is C3H2F5N. The van der Waals surface area contributed by atoms with Gasteiger partial charge >= 0.3 is 12.3 Å². The highest BCUT2D eigenvalue weighted by molar-refractivity contribution is 4.89. The molecule has 0 amide bonds. The summed E-state index contributed by atoms with van der Waals surface area (Å²) < 4.78 is 56.5. The standard InChI is InChI=1S/C3H2F5N/c4-2(5)1-9(2)3(6,7)8/h1H2. The minimum absolute atomic E-state index is 0.833. The van der Waals surface area contributed by atoms with Crippen LogP contribution in [0.1, 0.15) is 0 Å². The van der Waals surface area contributed by atoms with Crippen molar-refractivity contribution in [2.24, 2.45) is 0 Å². The smallest absolute Gasteiger partial charge is 0.187 e. The van der Waals surface area contributed by atoms with Crippen LogP contribution >= 0.6 is 0 Å². The van der Waals surface area contributed by atoms with E-state index in [9.17, 15) is 22.0 Å². The zero-order chi connectivity index (χ0) is 7.28. The number of halogens is 5. The Balaban J connectivity index is 2.52. The van der Waals surface area contributed by atoms with E-state index in [1.807, 2.05) is 0 Å². The van der Waals surface area contributed by atoms with Gasteiger partial charge in [0.25, 0.3) is 0 Å². The van der Waals surface area contributed by atoms with Crippen LogP contribution in [0.5, 0.6) is 0 Å². The zero-order valence-corrected chi connectivity index (χ0v) is 4.04. The predicted octanol–water partition coefficient (Wildman–Crippen LogP) is 1.41. The molecule has 0 aliphatic carbocycles. The fraction of sp³-hybridized carbons (Fsp3) is 1.00. The second kappa shape index (κ2) is 1.36. The summed E-state index contributed by atoms with van der Waals surface area (Å²) in [6.07, 6.45) is -4.87. The Morgan fingerprint density at radius 1 is 1.22 bits per heavy atom. The van der Waals surface area contributed by atoms with Crippen LogP contribution in [0.25, 0.3) is 0 Å². The molecule has 0 bridgehead atoms. The molecule has 1 aliphatic heterocycles. The summed E-state index contributed by atoms with van der Waals surface area (Å²) in [7, 11) is 0. The fourth-order valence-corrected chi connectivity index (χ4v) is 0.430. The predicted molar refractivity (Wildman–Crippen MR) is 17.7 cm³/mol. The summed E-state index contributed by atoms with van der Waals surface area (Å²) in [4.78, 5) is -0.833. The minimum Gasteiger partial charge on any atom is -0.187 e. The Morgan fingerprint density at radius 3 is 1.56 bits per heavy atom. The summed E-state index contributed by atoms with van der Waals surface area (Å²) in [5, 5.41) is 0. The summed E-state index contributed by atoms with van der Waals surface area (Å²) in [5.74, 6) is 0. The second-order valence-corrected chi connectivity index (χ2v) is 1.72. The molecule has 1 fully saturated rings. The van der Waals surface area contributed by atoms with Gasteiger partial charge in [0.2, 0.25) is 0 Å². The molecule has 0 spiro atoms. The van der Waals surface area contributed by atoms with Gasteiger partial charge in [-0.1, -0.05) is 0 Å². The molecule has 1 nitrogen and oxygen atoms in total. The highest BCUT2D eigenvalue weighted by atomic mass is 19.4. The third-order valence-electron chi connectivity index (χ3n) is 0.946. The number of nitrogens with zero attached hydrogens (tertiary/aromatic N) is 1. The molecule has 0 aromatic heterocycles. The molecule has 1 rings (SSSR count). The Bertz CT molecular complexity index is 127. The maximum absolute atomic E-state index is 11.5. The van der Waals surface area contributed by atoms with Gasteiger partial charge in [-0.25, -0.2) is 0 Å². The van der Waals surface area contributed by atoms with Crippen molar-refractivity contribution < 1.29 is 22.0 Å². The highest BCUT2D eigenvalue weighted by Gasteiger charge is 2.67. The molecule has 0 aromatic rings. The van der Waals surface area contributed by atoms with Crippen LogP contribution in [-0.2, 0) is 0 Å². The van der Waals surface area contributed by atoms with E-state index in [0.717, 1.165) is 0 Å². The maximum atomic E-state index is 11.5. The van der Waals surface area contributed by atoms with Gasteiger partial charge in [-0.15, -0.1) is 4.90 Å². The first kappa shape index (κ1) is 6.73. The largest absolute Gasteiger partial charge is 0.464 e. The monoisotopic (exact) mass is 147 g/mol. The fourth-order valence-electron chi connectivity index (χ4n) is 0.430. The van der Waals surface area contributed by atoms with E-state index in [-0.39, 0.29) is 0 Å². The molecule has 0 saturated carbocycles. The molecule has 0 N–H and O–H groups in total. The summed E-state index contributed by atoms with van der Waals surface area (Å²) >= 11 is 0. The first-order valence-electron chi connectivity index (χ1n) is 2.06. The van der Waals surface area contributed by atoms with Gasteiger partial charge in [0, 0.05) is 0 Å². The first-order valence-corrected chi connectivity index (χ1v) is 2.06. The molecule has 1 saturated heterocycles. The third kappa shape index (κ3) is 1.12. The lowest BCUT2D eigenvalue weighted by Gasteiger charge is -2.04. The van der Waals surface area contributed by atoms with Crippen molar-refractivity contribution in [3.63, 3.8) is 0 Å². The molecule has 6 heteroatoms. The maximum Gasteiger partial charge on any atom is 0.464 e. The van der Waals surface area contributed by atoms with Crippen LogP contribution in [0, 0.1) is 0 Å². The van der Waals surface area contributed by atoms with Crippen molar-refractivity contribution in [3.8, 4) is 0 Å². The Hall–Kier alpha value is -0.390. The van der Waals surface area contributed by atoms with E-state index in [0.29, 0.717) is 0 Å². The van der Waals surface area contributed by atoms with Gasteiger partial charge in [0.1, 0.15) is 0 Å². The van der Waals surface area contributed by atoms with Gasteiger partial charge in [-0.3, -0.25) is 0 Å². The summed E-state index contributed by atoms with van der Waals surface area (Å²) in [6.45, 7) is -1.20. The van der Waals surface area contributed by atoms with Gasteiger partial charge in [-0.05, 0) is 0 Å². The van der Waals surface area contributed by atoms with Crippen molar-refractivity contribution in [1.82, 2.24) is 4.90 Å². The molecular weight excluding hydrogens is 145 g/mol. The van der Waals surface area contributed by atoms with Crippen LogP contribution in [0.2, 0.25) is 0 Å². The summed E-state index contributed by atoms with van der Waals surface area (Å²) in [6, 6.07) is -3.64. The van der Waals surface area contributed by atoms with E-state index >= 15 is 0 Å². The van der Waals surface area contributed by atoms with Crippen LogP contribution in [0.15, 0.2) is 0 Å². The SMILES string of the molecule is FC(F)(F)N1CC1(F)F. The summed E-state index contributed by atoms with van der Waals surface area (Å²) in [5.41, 5.74) is 0. The van der Waals surface area contributed by atoms with Crippen LogP contribution in [0.3, 0.4) is 0 Å². The molecule has 54 valence electrons. The van der Waals surface area contributed by atoms with Crippen LogP contribution in [-0.4, -0.2) is 23.8 Å². The number of hydrogen-bond acceptors (Lipinski definition) is 1. The van der Waals surface area contributed by atoms with Crippen molar-refractivity contribution >= 4 is 0 Å². The Labute approximate surface area is 47.1 Å². The Kier molecular flexibility index (Phi) is 1.02. The Morgan fingerprint density at radius 2 is 1.56 bits per heavy atom. The van der Waals surface area contributed by atoms with Crippen molar-refractivity contribution in [3.05, 3.63) is 0 Å². The number of hydrogen-bond donors (Lipinski definition) is 0. The van der Waals surface area contributed by atoms with Crippen molar-refractivity contribution in [2.75, 3.05) is 6.54 Å². The van der Waals surface area contributed by atoms with Gasteiger partial charge in [0.05, 0.1) is 6.54 Å². The lowest BCUT2D eigenvalue weighted by molar-refractivity contribution is -0.235. The van der Waals surface area contributed by atoms with E-state index in [4.69, 9.17) is 0 Å². The zero-order valence-electron chi connectivity index (χ0n) is 4.04. The van der Waals surface area contributed by atoms with Gasteiger partial charge < -0.3 is 0 Å². The van der Waals surface area contributed by atoms with Gasteiger partial charge in [-0.2, -0.15) is 22.0 Å².